The lowest BCUT2D eigenvalue weighted by Crippen LogP contribution is -2.05. The SMILES string of the molecule is CCCC(=O)CCCS(C)(=O)=O. The Morgan fingerprint density at radius 1 is 1.25 bits per heavy atom. The van der Waals surface area contributed by atoms with Crippen LogP contribution in [0.1, 0.15) is 32.6 Å². The Labute approximate surface area is 74.1 Å². The minimum atomic E-state index is -2.89. The summed E-state index contributed by atoms with van der Waals surface area (Å²) < 4.78 is 21.3. The highest BCUT2D eigenvalue weighted by molar-refractivity contribution is 7.90. The van der Waals surface area contributed by atoms with Gasteiger partial charge in [0.15, 0.2) is 0 Å². The summed E-state index contributed by atoms with van der Waals surface area (Å²) in [5.41, 5.74) is 0. The van der Waals surface area contributed by atoms with Crippen molar-refractivity contribution >= 4 is 15.6 Å². The summed E-state index contributed by atoms with van der Waals surface area (Å²) >= 11 is 0. The number of hydrogen-bond donors (Lipinski definition) is 0. The first kappa shape index (κ1) is 11.6. The van der Waals surface area contributed by atoms with Crippen molar-refractivity contribution in [2.24, 2.45) is 0 Å². The number of carbonyl (C=O) groups excluding carboxylic acids is 1. The summed E-state index contributed by atoms with van der Waals surface area (Å²) in [5, 5.41) is 0. The van der Waals surface area contributed by atoms with E-state index in [1.807, 2.05) is 6.92 Å². The second kappa shape index (κ2) is 5.30. The van der Waals surface area contributed by atoms with Crippen LogP contribution in [0.5, 0.6) is 0 Å². The van der Waals surface area contributed by atoms with Gasteiger partial charge in [-0.1, -0.05) is 6.92 Å². The summed E-state index contributed by atoms with van der Waals surface area (Å²) in [7, 11) is -2.89. The molecule has 0 spiro atoms. The van der Waals surface area contributed by atoms with E-state index >= 15 is 0 Å². The molecule has 0 bridgehead atoms. The number of rotatable bonds is 6. The molecule has 72 valence electrons. The number of carbonyl (C=O) groups is 1. The highest BCUT2D eigenvalue weighted by Crippen LogP contribution is 1.99. The normalized spacial score (nSPS) is 11.5. The van der Waals surface area contributed by atoms with Crippen molar-refractivity contribution in [2.75, 3.05) is 12.0 Å². The predicted molar refractivity (Wildman–Crippen MR) is 48.9 cm³/mol. The first-order valence-corrected chi connectivity index (χ1v) is 6.21. The largest absolute Gasteiger partial charge is 0.300 e. The van der Waals surface area contributed by atoms with Gasteiger partial charge in [0.25, 0.3) is 0 Å². The third-order valence-electron chi connectivity index (χ3n) is 1.50. The van der Waals surface area contributed by atoms with E-state index in [4.69, 9.17) is 0 Å². The zero-order valence-electron chi connectivity index (χ0n) is 7.67. The van der Waals surface area contributed by atoms with Crippen LogP contribution in [0.2, 0.25) is 0 Å². The molecule has 0 heterocycles. The highest BCUT2D eigenvalue weighted by Gasteiger charge is 2.04. The minimum absolute atomic E-state index is 0.127. The van der Waals surface area contributed by atoms with Gasteiger partial charge in [-0.25, -0.2) is 8.42 Å². The van der Waals surface area contributed by atoms with Gasteiger partial charge in [0.05, 0.1) is 5.75 Å². The molecule has 0 aliphatic rings. The van der Waals surface area contributed by atoms with E-state index in [-0.39, 0.29) is 11.5 Å². The third kappa shape index (κ3) is 7.72. The molecule has 0 N–H and O–H groups in total. The minimum Gasteiger partial charge on any atom is -0.300 e. The van der Waals surface area contributed by atoms with Crippen molar-refractivity contribution < 1.29 is 13.2 Å². The fourth-order valence-corrected chi connectivity index (χ4v) is 1.60. The summed E-state index contributed by atoms with van der Waals surface area (Å²) in [4.78, 5) is 10.9. The molecule has 0 amide bonds. The lowest BCUT2D eigenvalue weighted by atomic mass is 10.1. The molecule has 0 aromatic heterocycles. The van der Waals surface area contributed by atoms with E-state index in [2.05, 4.69) is 0 Å². The molecular formula is C8H16O3S. The molecule has 0 saturated carbocycles. The smallest absolute Gasteiger partial charge is 0.147 e. The van der Waals surface area contributed by atoms with Crippen molar-refractivity contribution in [1.29, 1.82) is 0 Å². The molecule has 0 rings (SSSR count). The molecule has 0 aromatic rings. The first-order valence-electron chi connectivity index (χ1n) is 4.15. The standard InChI is InChI=1S/C8H16O3S/c1-3-5-8(9)6-4-7-12(2,10)11/h3-7H2,1-2H3. The number of sulfone groups is 1. The summed E-state index contributed by atoms with van der Waals surface area (Å²) in [6.07, 6.45) is 3.48. The van der Waals surface area contributed by atoms with Gasteiger partial charge in [-0.3, -0.25) is 4.79 Å². The Bertz CT molecular complexity index is 229. The maximum atomic E-state index is 10.9. The van der Waals surface area contributed by atoms with E-state index in [1.165, 1.54) is 6.26 Å². The molecule has 0 aromatic carbocycles. The molecule has 0 aliphatic carbocycles. The van der Waals surface area contributed by atoms with E-state index in [1.54, 1.807) is 0 Å². The molecule has 0 unspecified atom stereocenters. The average Bonchev–Trinajstić information content (AvgIpc) is 1.84. The molecular weight excluding hydrogens is 176 g/mol. The van der Waals surface area contributed by atoms with Gasteiger partial charge >= 0.3 is 0 Å². The fraction of sp³-hybridized carbons (Fsp3) is 0.875. The van der Waals surface area contributed by atoms with Crippen molar-refractivity contribution in [2.45, 2.75) is 32.6 Å². The molecule has 0 aliphatic heterocycles. The Kier molecular flexibility index (Phi) is 5.13. The maximum absolute atomic E-state index is 10.9. The highest BCUT2D eigenvalue weighted by atomic mass is 32.2. The van der Waals surface area contributed by atoms with Crippen molar-refractivity contribution in [1.82, 2.24) is 0 Å². The number of hydrogen-bond acceptors (Lipinski definition) is 3. The van der Waals surface area contributed by atoms with Crippen LogP contribution < -0.4 is 0 Å². The van der Waals surface area contributed by atoms with E-state index in [9.17, 15) is 13.2 Å². The van der Waals surface area contributed by atoms with E-state index < -0.39 is 9.84 Å². The zero-order chi connectivity index (χ0) is 9.61. The van der Waals surface area contributed by atoms with Gasteiger partial charge in [0.2, 0.25) is 0 Å². The van der Waals surface area contributed by atoms with Gasteiger partial charge in [0, 0.05) is 19.1 Å². The molecule has 0 radical (unpaired) electrons. The van der Waals surface area contributed by atoms with Crippen molar-refractivity contribution in [3.63, 3.8) is 0 Å². The quantitative estimate of drug-likeness (QED) is 0.635. The molecule has 0 fully saturated rings. The van der Waals surface area contributed by atoms with Gasteiger partial charge in [0.1, 0.15) is 15.6 Å². The topological polar surface area (TPSA) is 51.2 Å². The predicted octanol–water partition coefficient (Wildman–Crippen LogP) is 1.18. The van der Waals surface area contributed by atoms with Crippen LogP contribution in [0, 0.1) is 0 Å². The second-order valence-corrected chi connectivity index (χ2v) is 5.28. The molecule has 4 heteroatoms. The molecule has 3 nitrogen and oxygen atoms in total. The Balaban J connectivity index is 3.51. The first-order chi connectivity index (χ1) is 5.45. The zero-order valence-corrected chi connectivity index (χ0v) is 8.49. The summed E-state index contributed by atoms with van der Waals surface area (Å²) in [6.45, 7) is 1.94. The van der Waals surface area contributed by atoms with Gasteiger partial charge < -0.3 is 0 Å². The lowest BCUT2D eigenvalue weighted by Gasteiger charge is -1.97. The van der Waals surface area contributed by atoms with Gasteiger partial charge in [-0.2, -0.15) is 0 Å². The van der Waals surface area contributed by atoms with Crippen LogP contribution in [0.25, 0.3) is 0 Å². The van der Waals surface area contributed by atoms with Gasteiger partial charge in [-0.15, -0.1) is 0 Å². The maximum Gasteiger partial charge on any atom is 0.147 e. The van der Waals surface area contributed by atoms with Crippen molar-refractivity contribution in [3.05, 3.63) is 0 Å². The molecule has 0 atom stereocenters. The van der Waals surface area contributed by atoms with Crippen LogP contribution in [0.4, 0.5) is 0 Å². The van der Waals surface area contributed by atoms with Crippen LogP contribution in [-0.4, -0.2) is 26.2 Å². The molecule has 0 saturated heterocycles. The second-order valence-electron chi connectivity index (χ2n) is 3.02. The van der Waals surface area contributed by atoms with Crippen LogP contribution in [0.15, 0.2) is 0 Å². The summed E-state index contributed by atoms with van der Waals surface area (Å²) in [6, 6.07) is 0. The lowest BCUT2D eigenvalue weighted by molar-refractivity contribution is -0.119. The molecule has 12 heavy (non-hydrogen) atoms. The van der Waals surface area contributed by atoms with Crippen molar-refractivity contribution in [3.8, 4) is 0 Å². The number of Topliss-reactive ketones (excluding diaryl/α,β-unsaturated/α-hetero) is 1. The third-order valence-corrected chi connectivity index (χ3v) is 2.53. The monoisotopic (exact) mass is 192 g/mol. The van der Waals surface area contributed by atoms with Gasteiger partial charge in [-0.05, 0) is 12.8 Å². The Hall–Kier alpha value is -0.380. The van der Waals surface area contributed by atoms with Crippen LogP contribution in [0.3, 0.4) is 0 Å². The Morgan fingerprint density at radius 3 is 2.25 bits per heavy atom. The van der Waals surface area contributed by atoms with Crippen LogP contribution in [-0.2, 0) is 14.6 Å². The summed E-state index contributed by atoms with van der Waals surface area (Å²) in [5.74, 6) is 0.295. The Morgan fingerprint density at radius 2 is 1.83 bits per heavy atom. The average molecular weight is 192 g/mol. The number of ketones is 1. The van der Waals surface area contributed by atoms with Crippen LogP contribution >= 0.6 is 0 Å². The van der Waals surface area contributed by atoms with E-state index in [0.29, 0.717) is 19.3 Å². The fourth-order valence-electron chi connectivity index (χ4n) is 0.935. The van der Waals surface area contributed by atoms with E-state index in [0.717, 1.165) is 6.42 Å².